The number of carboxylic acid groups (broad SMARTS) is 2. The SMILES string of the molecule is CCC(CC)N(Cc1ccccc1C(F)(F)F)C1CCNCC1.O=C(O)C=CC(=O)O. The maximum absolute atomic E-state index is 13.3. The molecule has 174 valence electrons. The van der Waals surface area contributed by atoms with Crippen molar-refractivity contribution in [3.05, 3.63) is 47.5 Å². The molecule has 9 heteroatoms. The van der Waals surface area contributed by atoms with Crippen LogP contribution in [0.5, 0.6) is 0 Å². The second kappa shape index (κ2) is 13.1. The lowest BCUT2D eigenvalue weighted by atomic mass is 9.97. The Labute approximate surface area is 180 Å². The van der Waals surface area contributed by atoms with Crippen molar-refractivity contribution in [2.75, 3.05) is 13.1 Å². The monoisotopic (exact) mass is 444 g/mol. The van der Waals surface area contributed by atoms with Crippen molar-refractivity contribution in [3.63, 3.8) is 0 Å². The number of carbonyl (C=O) groups is 2. The van der Waals surface area contributed by atoms with Gasteiger partial charge in [0.1, 0.15) is 0 Å². The van der Waals surface area contributed by atoms with E-state index in [1.807, 2.05) is 0 Å². The van der Waals surface area contributed by atoms with Crippen LogP contribution in [0.2, 0.25) is 0 Å². The third-order valence-corrected chi connectivity index (χ3v) is 5.23. The van der Waals surface area contributed by atoms with Crippen molar-refractivity contribution < 1.29 is 33.0 Å². The lowest BCUT2D eigenvalue weighted by Crippen LogP contribution is -2.47. The summed E-state index contributed by atoms with van der Waals surface area (Å²) in [5.41, 5.74) is -0.102. The highest BCUT2D eigenvalue weighted by atomic mass is 19.4. The molecule has 0 spiro atoms. The van der Waals surface area contributed by atoms with Gasteiger partial charge in [0.25, 0.3) is 0 Å². The summed E-state index contributed by atoms with van der Waals surface area (Å²) in [5.74, 6) is -2.51. The van der Waals surface area contributed by atoms with Crippen molar-refractivity contribution in [2.24, 2.45) is 0 Å². The zero-order valence-electron chi connectivity index (χ0n) is 17.9. The van der Waals surface area contributed by atoms with Gasteiger partial charge >= 0.3 is 18.1 Å². The van der Waals surface area contributed by atoms with Gasteiger partial charge in [-0.25, -0.2) is 9.59 Å². The van der Waals surface area contributed by atoms with Gasteiger partial charge < -0.3 is 15.5 Å². The number of nitrogens with zero attached hydrogens (tertiary/aromatic N) is 1. The van der Waals surface area contributed by atoms with E-state index in [1.54, 1.807) is 12.1 Å². The van der Waals surface area contributed by atoms with Gasteiger partial charge in [0.05, 0.1) is 5.56 Å². The fourth-order valence-electron chi connectivity index (χ4n) is 3.73. The Morgan fingerprint density at radius 2 is 1.61 bits per heavy atom. The minimum absolute atomic E-state index is 0.333. The van der Waals surface area contributed by atoms with Crippen LogP contribution in [-0.2, 0) is 22.3 Å². The molecule has 0 atom stereocenters. The first-order chi connectivity index (χ1) is 14.6. The maximum Gasteiger partial charge on any atom is 0.416 e. The van der Waals surface area contributed by atoms with Crippen LogP contribution in [0.1, 0.15) is 50.7 Å². The van der Waals surface area contributed by atoms with Gasteiger partial charge in [-0.2, -0.15) is 13.2 Å². The van der Waals surface area contributed by atoms with Gasteiger partial charge in [0.15, 0.2) is 0 Å². The summed E-state index contributed by atoms with van der Waals surface area (Å²) in [4.78, 5) is 21.4. The second-order valence-electron chi connectivity index (χ2n) is 7.29. The van der Waals surface area contributed by atoms with E-state index in [0.717, 1.165) is 38.8 Å². The molecular formula is C22H31F3N2O4. The Morgan fingerprint density at radius 1 is 1.10 bits per heavy atom. The lowest BCUT2D eigenvalue weighted by Gasteiger charge is -2.40. The number of benzene rings is 1. The molecule has 6 nitrogen and oxygen atoms in total. The average Bonchev–Trinajstić information content (AvgIpc) is 2.73. The molecule has 0 aliphatic carbocycles. The van der Waals surface area contributed by atoms with E-state index in [0.29, 0.717) is 36.3 Å². The zero-order valence-corrected chi connectivity index (χ0v) is 17.9. The van der Waals surface area contributed by atoms with Crippen molar-refractivity contribution in [1.29, 1.82) is 0 Å². The van der Waals surface area contributed by atoms with E-state index >= 15 is 0 Å². The first kappa shape index (κ1) is 26.6. The molecule has 1 fully saturated rings. The van der Waals surface area contributed by atoms with E-state index in [1.165, 1.54) is 12.1 Å². The van der Waals surface area contributed by atoms with E-state index in [9.17, 15) is 22.8 Å². The van der Waals surface area contributed by atoms with Gasteiger partial charge in [0, 0.05) is 30.8 Å². The van der Waals surface area contributed by atoms with Crippen LogP contribution >= 0.6 is 0 Å². The van der Waals surface area contributed by atoms with Crippen LogP contribution in [0.25, 0.3) is 0 Å². The molecule has 3 N–H and O–H groups in total. The number of nitrogens with one attached hydrogen (secondary N) is 1. The third-order valence-electron chi connectivity index (χ3n) is 5.23. The standard InChI is InChI=1S/C18H27F3N2.C4H4O4/c1-3-15(4-2)23(16-9-11-22-12-10-16)13-14-7-5-6-8-17(14)18(19,20)21;5-3(6)1-2-4(7)8/h5-8,15-16,22H,3-4,9-13H2,1-2H3;1-2H,(H,5,6)(H,7,8). The Hall–Kier alpha value is -2.39. The smallest absolute Gasteiger partial charge is 0.416 e. The van der Waals surface area contributed by atoms with Crippen LogP contribution < -0.4 is 5.32 Å². The van der Waals surface area contributed by atoms with Gasteiger partial charge in [-0.15, -0.1) is 0 Å². The third kappa shape index (κ3) is 9.52. The molecule has 2 rings (SSSR count). The largest absolute Gasteiger partial charge is 0.478 e. The minimum Gasteiger partial charge on any atom is -0.478 e. The number of alkyl halides is 3. The van der Waals surface area contributed by atoms with Gasteiger partial charge in [-0.1, -0.05) is 32.0 Å². The van der Waals surface area contributed by atoms with E-state index in [2.05, 4.69) is 24.1 Å². The van der Waals surface area contributed by atoms with Crippen LogP contribution in [-0.4, -0.2) is 52.2 Å². The molecule has 1 heterocycles. The summed E-state index contributed by atoms with van der Waals surface area (Å²) in [7, 11) is 0. The topological polar surface area (TPSA) is 89.9 Å². The van der Waals surface area contributed by atoms with E-state index in [4.69, 9.17) is 10.2 Å². The quantitative estimate of drug-likeness (QED) is 0.522. The number of hydrogen-bond acceptors (Lipinski definition) is 4. The summed E-state index contributed by atoms with van der Waals surface area (Å²) in [5, 5.41) is 19.0. The zero-order chi connectivity index (χ0) is 23.4. The van der Waals surface area contributed by atoms with E-state index in [-0.39, 0.29) is 0 Å². The molecule has 0 radical (unpaired) electrons. The molecule has 1 saturated heterocycles. The molecule has 1 aromatic rings. The molecule has 0 bridgehead atoms. The highest BCUT2D eigenvalue weighted by molar-refractivity contribution is 5.89. The Morgan fingerprint density at radius 3 is 2.06 bits per heavy atom. The van der Waals surface area contributed by atoms with Gasteiger partial charge in [-0.3, -0.25) is 4.90 Å². The van der Waals surface area contributed by atoms with Crippen LogP contribution in [0, 0.1) is 0 Å². The maximum atomic E-state index is 13.3. The number of hydrogen-bond donors (Lipinski definition) is 3. The average molecular weight is 444 g/mol. The fourth-order valence-corrected chi connectivity index (χ4v) is 3.73. The predicted molar refractivity (Wildman–Crippen MR) is 112 cm³/mol. The molecule has 0 saturated carbocycles. The van der Waals surface area contributed by atoms with Crippen molar-refractivity contribution in [2.45, 2.75) is 64.3 Å². The normalized spacial score (nSPS) is 15.2. The number of rotatable bonds is 8. The number of piperidine rings is 1. The predicted octanol–water partition coefficient (Wildman–Crippen LogP) is 4.16. The van der Waals surface area contributed by atoms with Crippen molar-refractivity contribution >= 4 is 11.9 Å². The molecule has 1 aliphatic rings. The molecule has 0 unspecified atom stereocenters. The van der Waals surface area contributed by atoms with Crippen LogP contribution in [0.3, 0.4) is 0 Å². The molecule has 31 heavy (non-hydrogen) atoms. The van der Waals surface area contributed by atoms with Gasteiger partial charge in [-0.05, 0) is 50.4 Å². The number of halogens is 3. The highest BCUT2D eigenvalue weighted by Gasteiger charge is 2.34. The van der Waals surface area contributed by atoms with Crippen molar-refractivity contribution in [3.8, 4) is 0 Å². The molecular weight excluding hydrogens is 413 g/mol. The van der Waals surface area contributed by atoms with E-state index < -0.39 is 23.7 Å². The first-order valence-corrected chi connectivity index (χ1v) is 10.4. The fraction of sp³-hybridized carbons (Fsp3) is 0.545. The number of aliphatic carboxylic acids is 2. The summed E-state index contributed by atoms with van der Waals surface area (Å²) >= 11 is 0. The van der Waals surface area contributed by atoms with Crippen molar-refractivity contribution in [1.82, 2.24) is 10.2 Å². The minimum atomic E-state index is -4.29. The Kier molecular flexibility index (Phi) is 11.3. The Bertz CT molecular complexity index is 712. The summed E-state index contributed by atoms with van der Waals surface area (Å²) in [6.45, 7) is 6.52. The van der Waals surface area contributed by atoms with Gasteiger partial charge in [0.2, 0.25) is 0 Å². The van der Waals surface area contributed by atoms with Crippen LogP contribution in [0.4, 0.5) is 13.2 Å². The molecule has 1 aliphatic heterocycles. The number of carboxylic acids is 2. The first-order valence-electron chi connectivity index (χ1n) is 10.4. The molecule has 0 aromatic heterocycles. The summed E-state index contributed by atoms with van der Waals surface area (Å²) in [6, 6.07) is 6.69. The summed E-state index contributed by atoms with van der Waals surface area (Å²) in [6.07, 6.45) is 0.771. The van der Waals surface area contributed by atoms with Crippen LogP contribution in [0.15, 0.2) is 36.4 Å². The summed E-state index contributed by atoms with van der Waals surface area (Å²) < 4.78 is 39.8. The highest BCUT2D eigenvalue weighted by Crippen LogP contribution is 2.33. The lowest BCUT2D eigenvalue weighted by molar-refractivity contribution is -0.138. The molecule has 1 aromatic carbocycles. The molecule has 0 amide bonds. The Balaban J connectivity index is 0.000000512. The second-order valence-corrected chi connectivity index (χ2v) is 7.29.